The van der Waals surface area contributed by atoms with Gasteiger partial charge in [0.15, 0.2) is 0 Å². The Morgan fingerprint density at radius 3 is 3.00 bits per heavy atom. The van der Waals surface area contributed by atoms with Gasteiger partial charge in [0, 0.05) is 23.5 Å². The summed E-state index contributed by atoms with van der Waals surface area (Å²) < 4.78 is 0. The molecule has 3 unspecified atom stereocenters. The normalized spacial score (nSPS) is 28.2. The second kappa shape index (κ2) is 5.98. The molecule has 0 bridgehead atoms. The maximum absolute atomic E-state index is 5.96. The van der Waals surface area contributed by atoms with Crippen molar-refractivity contribution in [3.05, 3.63) is 22.4 Å². The Kier molecular flexibility index (Phi) is 4.60. The van der Waals surface area contributed by atoms with E-state index in [0.717, 1.165) is 12.5 Å². The maximum Gasteiger partial charge on any atom is 0.0442 e. The van der Waals surface area contributed by atoms with Crippen LogP contribution >= 0.6 is 11.3 Å². The summed E-state index contributed by atoms with van der Waals surface area (Å²) in [6.45, 7) is 6.65. The average Bonchev–Trinajstić information content (AvgIpc) is 2.85. The van der Waals surface area contributed by atoms with Crippen LogP contribution in [0.5, 0.6) is 0 Å². The van der Waals surface area contributed by atoms with Gasteiger partial charge in [0.05, 0.1) is 0 Å². The van der Waals surface area contributed by atoms with Crippen molar-refractivity contribution >= 4 is 11.3 Å². The predicted molar refractivity (Wildman–Crippen MR) is 75.3 cm³/mol. The van der Waals surface area contributed by atoms with Crippen LogP contribution in [0.4, 0.5) is 0 Å². The molecule has 1 aliphatic rings. The van der Waals surface area contributed by atoms with Gasteiger partial charge in [-0.1, -0.05) is 19.9 Å². The van der Waals surface area contributed by atoms with Crippen molar-refractivity contribution in [1.82, 2.24) is 4.90 Å². The highest BCUT2D eigenvalue weighted by Crippen LogP contribution is 2.34. The number of rotatable bonds is 4. The van der Waals surface area contributed by atoms with Crippen LogP contribution in [0, 0.1) is 5.92 Å². The van der Waals surface area contributed by atoms with Crippen LogP contribution in [-0.4, -0.2) is 24.0 Å². The molecule has 2 nitrogen and oxygen atoms in total. The molecule has 0 amide bonds. The minimum Gasteiger partial charge on any atom is -0.329 e. The molecule has 2 N–H and O–H groups in total. The van der Waals surface area contributed by atoms with E-state index in [1.54, 1.807) is 0 Å². The highest BCUT2D eigenvalue weighted by Gasteiger charge is 2.30. The Morgan fingerprint density at radius 2 is 2.41 bits per heavy atom. The summed E-state index contributed by atoms with van der Waals surface area (Å²) in [4.78, 5) is 4.15. The molecule has 2 rings (SSSR count). The van der Waals surface area contributed by atoms with Crippen LogP contribution in [0.1, 0.15) is 44.0 Å². The molecular weight excluding hydrogens is 228 g/mol. The van der Waals surface area contributed by atoms with Crippen LogP contribution in [0.3, 0.4) is 0 Å². The Bertz CT molecular complexity index is 323. The second-order valence-electron chi connectivity index (χ2n) is 5.20. The first-order valence-corrected chi connectivity index (χ1v) is 7.63. The molecule has 2 heterocycles. The average molecular weight is 252 g/mol. The van der Waals surface area contributed by atoms with Crippen LogP contribution < -0.4 is 5.73 Å². The molecule has 0 radical (unpaired) electrons. The van der Waals surface area contributed by atoms with Crippen molar-refractivity contribution < 1.29 is 0 Å². The van der Waals surface area contributed by atoms with Gasteiger partial charge in [-0.2, -0.15) is 0 Å². The zero-order valence-electron chi connectivity index (χ0n) is 10.9. The number of nitrogens with two attached hydrogens (primary N) is 1. The Hall–Kier alpha value is -0.380. The topological polar surface area (TPSA) is 29.3 Å². The van der Waals surface area contributed by atoms with Crippen molar-refractivity contribution in [2.45, 2.75) is 45.2 Å². The van der Waals surface area contributed by atoms with Crippen LogP contribution in [0.15, 0.2) is 17.5 Å². The van der Waals surface area contributed by atoms with Gasteiger partial charge in [-0.05, 0) is 43.2 Å². The largest absolute Gasteiger partial charge is 0.329 e. The fourth-order valence-corrected chi connectivity index (χ4v) is 3.92. The third-order valence-electron chi connectivity index (χ3n) is 3.95. The van der Waals surface area contributed by atoms with E-state index in [1.807, 2.05) is 11.3 Å². The zero-order valence-corrected chi connectivity index (χ0v) is 11.7. The highest BCUT2D eigenvalue weighted by atomic mass is 32.1. The van der Waals surface area contributed by atoms with Crippen LogP contribution in [0.2, 0.25) is 0 Å². The zero-order chi connectivity index (χ0) is 12.3. The first-order valence-electron chi connectivity index (χ1n) is 6.75. The summed E-state index contributed by atoms with van der Waals surface area (Å²) in [5.41, 5.74) is 5.96. The van der Waals surface area contributed by atoms with Gasteiger partial charge >= 0.3 is 0 Å². The SMILES string of the molecule is CCC(c1cccs1)N1CCC(C)CC1CN. The van der Waals surface area contributed by atoms with Gasteiger partial charge in [-0.3, -0.25) is 4.90 Å². The molecule has 1 saturated heterocycles. The summed E-state index contributed by atoms with van der Waals surface area (Å²) in [6, 6.07) is 5.58. The van der Waals surface area contributed by atoms with Crippen molar-refractivity contribution in [2.24, 2.45) is 11.7 Å². The van der Waals surface area contributed by atoms with E-state index < -0.39 is 0 Å². The van der Waals surface area contributed by atoms with Gasteiger partial charge in [0.1, 0.15) is 0 Å². The molecule has 0 aliphatic carbocycles. The number of piperidine rings is 1. The predicted octanol–water partition coefficient (Wildman–Crippen LogP) is 3.26. The molecule has 3 atom stereocenters. The lowest BCUT2D eigenvalue weighted by molar-refractivity contribution is 0.0749. The summed E-state index contributed by atoms with van der Waals surface area (Å²) in [7, 11) is 0. The maximum atomic E-state index is 5.96. The summed E-state index contributed by atoms with van der Waals surface area (Å²) >= 11 is 1.88. The second-order valence-corrected chi connectivity index (χ2v) is 6.18. The minimum atomic E-state index is 0.575. The van der Waals surface area contributed by atoms with Crippen molar-refractivity contribution in [3.8, 4) is 0 Å². The minimum absolute atomic E-state index is 0.575. The smallest absolute Gasteiger partial charge is 0.0442 e. The van der Waals surface area contributed by atoms with Gasteiger partial charge in [-0.15, -0.1) is 11.3 Å². The lowest BCUT2D eigenvalue weighted by Crippen LogP contribution is -2.47. The van der Waals surface area contributed by atoms with E-state index in [9.17, 15) is 0 Å². The fourth-order valence-electron chi connectivity index (χ4n) is 2.99. The molecule has 3 heteroatoms. The quantitative estimate of drug-likeness (QED) is 0.891. The Labute approximate surface area is 109 Å². The standard InChI is InChI=1S/C14H24N2S/c1-3-13(14-5-4-8-17-14)16-7-6-11(2)9-12(16)10-15/h4-5,8,11-13H,3,6-7,9-10,15H2,1-2H3. The first-order chi connectivity index (χ1) is 8.26. The van der Waals surface area contributed by atoms with Crippen LogP contribution in [0.25, 0.3) is 0 Å². The lowest BCUT2D eigenvalue weighted by atomic mass is 9.90. The highest BCUT2D eigenvalue weighted by molar-refractivity contribution is 7.10. The molecule has 1 fully saturated rings. The van der Waals surface area contributed by atoms with Crippen LogP contribution in [-0.2, 0) is 0 Å². The van der Waals surface area contributed by atoms with E-state index >= 15 is 0 Å². The number of likely N-dealkylation sites (tertiary alicyclic amines) is 1. The molecule has 1 aromatic heterocycles. The fraction of sp³-hybridized carbons (Fsp3) is 0.714. The Morgan fingerprint density at radius 1 is 1.59 bits per heavy atom. The number of hydrogen-bond donors (Lipinski definition) is 1. The molecule has 17 heavy (non-hydrogen) atoms. The van der Waals surface area contributed by atoms with Gasteiger partial charge < -0.3 is 5.73 Å². The van der Waals surface area contributed by atoms with E-state index in [4.69, 9.17) is 5.73 Å². The molecule has 0 spiro atoms. The van der Waals surface area contributed by atoms with E-state index in [-0.39, 0.29) is 0 Å². The van der Waals surface area contributed by atoms with E-state index in [1.165, 1.54) is 30.7 Å². The summed E-state index contributed by atoms with van der Waals surface area (Å²) in [6.07, 6.45) is 3.77. The van der Waals surface area contributed by atoms with Gasteiger partial charge in [-0.25, -0.2) is 0 Å². The monoisotopic (exact) mass is 252 g/mol. The lowest BCUT2D eigenvalue weighted by Gasteiger charge is -2.42. The third-order valence-corrected chi connectivity index (χ3v) is 4.93. The number of thiophene rings is 1. The molecule has 0 saturated carbocycles. The van der Waals surface area contributed by atoms with Crippen molar-refractivity contribution in [2.75, 3.05) is 13.1 Å². The van der Waals surface area contributed by atoms with Gasteiger partial charge in [0.2, 0.25) is 0 Å². The van der Waals surface area contributed by atoms with Crippen molar-refractivity contribution in [3.63, 3.8) is 0 Å². The number of nitrogens with zero attached hydrogens (tertiary/aromatic N) is 1. The first kappa shape index (κ1) is 13.1. The molecular formula is C14H24N2S. The van der Waals surface area contributed by atoms with Gasteiger partial charge in [0.25, 0.3) is 0 Å². The Balaban J connectivity index is 2.13. The summed E-state index contributed by atoms with van der Waals surface area (Å²) in [5, 5.41) is 2.18. The number of hydrogen-bond acceptors (Lipinski definition) is 3. The molecule has 1 aliphatic heterocycles. The molecule has 96 valence electrons. The summed E-state index contributed by atoms with van der Waals surface area (Å²) in [5.74, 6) is 0.834. The molecule has 0 aromatic carbocycles. The third kappa shape index (κ3) is 2.90. The van der Waals surface area contributed by atoms with E-state index in [2.05, 4.69) is 36.3 Å². The van der Waals surface area contributed by atoms with E-state index in [0.29, 0.717) is 12.1 Å². The van der Waals surface area contributed by atoms with Crippen molar-refractivity contribution in [1.29, 1.82) is 0 Å². The molecule has 1 aromatic rings.